The van der Waals surface area contributed by atoms with Crippen molar-refractivity contribution in [3.63, 3.8) is 0 Å². The van der Waals surface area contributed by atoms with Crippen molar-refractivity contribution in [2.45, 2.75) is 38.6 Å². The summed E-state index contributed by atoms with van der Waals surface area (Å²) in [6, 6.07) is 0.226. The van der Waals surface area contributed by atoms with E-state index in [2.05, 4.69) is 12.0 Å². The van der Waals surface area contributed by atoms with Gasteiger partial charge in [0.2, 0.25) is 0 Å². The molecule has 1 aromatic heterocycles. The maximum Gasteiger partial charge on any atom is 0.339 e. The van der Waals surface area contributed by atoms with Crippen LogP contribution in [-0.2, 0) is 4.74 Å². The summed E-state index contributed by atoms with van der Waals surface area (Å²) in [5, 5.41) is 13.6. The number of ether oxygens (including phenoxy) is 1. The fraction of sp³-hybridized carbons (Fsp3) is 0.667. The van der Waals surface area contributed by atoms with Crippen molar-refractivity contribution >= 4 is 5.97 Å². The zero-order valence-electron chi connectivity index (χ0n) is 10.2. The molecule has 5 heteroatoms. The van der Waals surface area contributed by atoms with Crippen LogP contribution in [0.2, 0.25) is 0 Å². The summed E-state index contributed by atoms with van der Waals surface area (Å²) in [5.41, 5.74) is 0.996. The molecule has 1 aliphatic heterocycles. The Labute approximate surface area is 100 Å². The van der Waals surface area contributed by atoms with Gasteiger partial charge in [-0.1, -0.05) is 6.92 Å². The molecule has 2 rings (SSSR count). The normalized spacial score (nSPS) is 21.6. The average molecular weight is 238 g/mol. The molecule has 2 atom stereocenters. The Balaban J connectivity index is 2.34. The van der Waals surface area contributed by atoms with Crippen LogP contribution in [0, 0.1) is 0 Å². The number of hydrogen-bond donors (Lipinski definition) is 1. The lowest BCUT2D eigenvalue weighted by molar-refractivity contribution is 0.0695. The van der Waals surface area contributed by atoms with Gasteiger partial charge in [0.1, 0.15) is 5.56 Å². The van der Waals surface area contributed by atoms with Crippen molar-refractivity contribution in [3.8, 4) is 0 Å². The van der Waals surface area contributed by atoms with Crippen molar-refractivity contribution in [3.05, 3.63) is 17.5 Å². The SMILES string of the molecule is CCC(C)n1cc(C(=O)O)c(C2CCOC2)n1. The molecule has 94 valence electrons. The highest BCUT2D eigenvalue weighted by molar-refractivity contribution is 5.88. The van der Waals surface area contributed by atoms with E-state index in [1.807, 2.05) is 6.92 Å². The molecule has 0 amide bonds. The predicted molar refractivity (Wildman–Crippen MR) is 62.4 cm³/mol. The molecule has 1 N–H and O–H groups in total. The molecule has 0 spiro atoms. The number of carbonyl (C=O) groups is 1. The highest BCUT2D eigenvalue weighted by atomic mass is 16.5. The second-order valence-corrected chi connectivity index (χ2v) is 4.53. The third-order valence-corrected chi connectivity index (χ3v) is 3.35. The molecule has 2 unspecified atom stereocenters. The number of rotatable bonds is 4. The molecule has 2 heterocycles. The largest absolute Gasteiger partial charge is 0.478 e. The van der Waals surface area contributed by atoms with Crippen LogP contribution >= 0.6 is 0 Å². The second kappa shape index (κ2) is 4.87. The molecule has 1 aromatic rings. The van der Waals surface area contributed by atoms with Crippen LogP contribution in [0.4, 0.5) is 0 Å². The molecule has 1 saturated heterocycles. The Morgan fingerprint density at radius 2 is 2.53 bits per heavy atom. The lowest BCUT2D eigenvalue weighted by Gasteiger charge is -2.09. The molecule has 5 nitrogen and oxygen atoms in total. The van der Waals surface area contributed by atoms with Gasteiger partial charge < -0.3 is 9.84 Å². The lowest BCUT2D eigenvalue weighted by atomic mass is 10.0. The first kappa shape index (κ1) is 12.1. The van der Waals surface area contributed by atoms with Gasteiger partial charge in [0.05, 0.1) is 12.3 Å². The number of hydrogen-bond acceptors (Lipinski definition) is 3. The van der Waals surface area contributed by atoms with Crippen molar-refractivity contribution in [2.24, 2.45) is 0 Å². The van der Waals surface area contributed by atoms with Gasteiger partial charge in [-0.25, -0.2) is 4.79 Å². The van der Waals surface area contributed by atoms with E-state index in [0.717, 1.165) is 12.8 Å². The van der Waals surface area contributed by atoms with Crippen LogP contribution in [0.3, 0.4) is 0 Å². The summed E-state index contributed by atoms with van der Waals surface area (Å²) in [5.74, 6) is -0.771. The minimum atomic E-state index is -0.901. The minimum Gasteiger partial charge on any atom is -0.478 e. The second-order valence-electron chi connectivity index (χ2n) is 4.53. The van der Waals surface area contributed by atoms with E-state index >= 15 is 0 Å². The Morgan fingerprint density at radius 3 is 3.06 bits per heavy atom. The van der Waals surface area contributed by atoms with Gasteiger partial charge in [-0.05, 0) is 19.8 Å². The van der Waals surface area contributed by atoms with E-state index in [-0.39, 0.29) is 12.0 Å². The van der Waals surface area contributed by atoms with Crippen LogP contribution in [0.5, 0.6) is 0 Å². The monoisotopic (exact) mass is 238 g/mol. The summed E-state index contributed by atoms with van der Waals surface area (Å²) in [6.07, 6.45) is 3.43. The van der Waals surface area contributed by atoms with Gasteiger partial charge in [0.15, 0.2) is 0 Å². The first-order chi connectivity index (χ1) is 8.13. The van der Waals surface area contributed by atoms with Crippen molar-refractivity contribution in [2.75, 3.05) is 13.2 Å². The molecule has 1 fully saturated rings. The van der Waals surface area contributed by atoms with Gasteiger partial charge in [-0.2, -0.15) is 5.10 Å². The molecule has 0 aromatic carbocycles. The van der Waals surface area contributed by atoms with Gasteiger partial charge in [0.25, 0.3) is 0 Å². The van der Waals surface area contributed by atoms with Crippen molar-refractivity contribution < 1.29 is 14.6 Å². The smallest absolute Gasteiger partial charge is 0.339 e. The zero-order valence-corrected chi connectivity index (χ0v) is 10.2. The number of aromatic carboxylic acids is 1. The minimum absolute atomic E-state index is 0.131. The third kappa shape index (κ3) is 2.34. The van der Waals surface area contributed by atoms with Crippen molar-refractivity contribution in [1.29, 1.82) is 0 Å². The van der Waals surface area contributed by atoms with E-state index in [1.54, 1.807) is 10.9 Å². The van der Waals surface area contributed by atoms with Crippen LogP contribution < -0.4 is 0 Å². The Kier molecular flexibility index (Phi) is 3.47. The molecule has 0 radical (unpaired) electrons. The van der Waals surface area contributed by atoms with E-state index in [0.29, 0.717) is 24.5 Å². The Bertz CT molecular complexity index is 408. The lowest BCUT2D eigenvalue weighted by Crippen LogP contribution is -2.07. The standard InChI is InChI=1S/C12H18N2O3/c1-3-8(2)14-6-10(12(15)16)11(13-14)9-4-5-17-7-9/h6,8-9H,3-5,7H2,1-2H3,(H,15,16). The summed E-state index contributed by atoms with van der Waals surface area (Å²) < 4.78 is 7.06. The van der Waals surface area contributed by atoms with Gasteiger partial charge in [0, 0.05) is 24.8 Å². The first-order valence-corrected chi connectivity index (χ1v) is 6.03. The predicted octanol–water partition coefficient (Wildman–Crippen LogP) is 2.06. The highest BCUT2D eigenvalue weighted by Gasteiger charge is 2.27. The van der Waals surface area contributed by atoms with E-state index in [9.17, 15) is 9.90 Å². The molecule has 0 bridgehead atoms. The number of nitrogens with zero attached hydrogens (tertiary/aromatic N) is 2. The van der Waals surface area contributed by atoms with Gasteiger partial charge in [-0.15, -0.1) is 0 Å². The van der Waals surface area contributed by atoms with Crippen LogP contribution in [0.25, 0.3) is 0 Å². The molecule has 1 aliphatic rings. The quantitative estimate of drug-likeness (QED) is 0.872. The molecular formula is C12H18N2O3. The maximum atomic E-state index is 11.2. The maximum absolute atomic E-state index is 11.2. The number of carboxylic acids is 1. The summed E-state index contributed by atoms with van der Waals surface area (Å²) >= 11 is 0. The van der Waals surface area contributed by atoms with Crippen molar-refractivity contribution in [1.82, 2.24) is 9.78 Å². The van der Waals surface area contributed by atoms with E-state index in [4.69, 9.17) is 4.74 Å². The van der Waals surface area contributed by atoms with Gasteiger partial charge in [-0.3, -0.25) is 4.68 Å². The van der Waals surface area contributed by atoms with Gasteiger partial charge >= 0.3 is 5.97 Å². The summed E-state index contributed by atoms with van der Waals surface area (Å²) in [4.78, 5) is 11.2. The Morgan fingerprint density at radius 1 is 1.76 bits per heavy atom. The first-order valence-electron chi connectivity index (χ1n) is 6.03. The fourth-order valence-corrected chi connectivity index (χ4v) is 2.03. The Hall–Kier alpha value is -1.36. The summed E-state index contributed by atoms with van der Waals surface area (Å²) in [7, 11) is 0. The molecular weight excluding hydrogens is 220 g/mol. The van der Waals surface area contributed by atoms with Crippen LogP contribution in [-0.4, -0.2) is 34.1 Å². The van der Waals surface area contributed by atoms with Crippen LogP contribution in [0.1, 0.15) is 54.7 Å². The number of aromatic nitrogens is 2. The summed E-state index contributed by atoms with van der Waals surface area (Å²) in [6.45, 7) is 5.37. The van der Waals surface area contributed by atoms with E-state index < -0.39 is 5.97 Å². The van der Waals surface area contributed by atoms with E-state index in [1.165, 1.54) is 0 Å². The molecule has 0 saturated carbocycles. The third-order valence-electron chi connectivity index (χ3n) is 3.35. The highest BCUT2D eigenvalue weighted by Crippen LogP contribution is 2.28. The zero-order chi connectivity index (χ0) is 12.4. The average Bonchev–Trinajstić information content (AvgIpc) is 2.95. The molecule has 17 heavy (non-hydrogen) atoms. The fourth-order valence-electron chi connectivity index (χ4n) is 2.03. The molecule has 0 aliphatic carbocycles. The number of carboxylic acid groups (broad SMARTS) is 1. The topological polar surface area (TPSA) is 64.4 Å². The van der Waals surface area contributed by atoms with Crippen LogP contribution in [0.15, 0.2) is 6.20 Å².